The molecule has 5 rings (SSSR count). The molecule has 1 amide bonds. The molecule has 10 nitrogen and oxygen atoms in total. The minimum atomic E-state index is -3.76. The first-order valence-electron chi connectivity index (χ1n) is 10.5. The van der Waals surface area contributed by atoms with Crippen LogP contribution in [-0.4, -0.2) is 72.4 Å². The monoisotopic (exact) mass is 499 g/mol. The number of carbonyl (C=O) groups is 1. The number of nitrogens with zero attached hydrogens (tertiary/aromatic N) is 3. The summed E-state index contributed by atoms with van der Waals surface area (Å²) in [7, 11) is -3.76. The molecule has 0 aliphatic carbocycles. The number of carbonyl (C=O) groups excluding carboxylic acids is 1. The van der Waals surface area contributed by atoms with E-state index in [4.69, 9.17) is 10.1 Å². The molecule has 2 aromatic carbocycles. The van der Waals surface area contributed by atoms with Gasteiger partial charge in [-0.3, -0.25) is 20.6 Å². The lowest BCUT2D eigenvalue weighted by Crippen LogP contribution is -2.44. The van der Waals surface area contributed by atoms with Crippen LogP contribution in [0.15, 0.2) is 59.2 Å². The van der Waals surface area contributed by atoms with Gasteiger partial charge in [-0.05, 0) is 30.3 Å². The summed E-state index contributed by atoms with van der Waals surface area (Å²) < 4.78 is 33.3. The number of rotatable bonds is 5. The molecule has 1 aromatic heterocycles. The van der Waals surface area contributed by atoms with Gasteiger partial charge in [-0.15, -0.1) is 11.3 Å². The Morgan fingerprint density at radius 1 is 1.15 bits per heavy atom. The van der Waals surface area contributed by atoms with Crippen LogP contribution >= 0.6 is 11.3 Å². The molecular weight excluding hydrogens is 478 g/mol. The van der Waals surface area contributed by atoms with Gasteiger partial charge in [-0.2, -0.15) is 4.31 Å². The number of morpholine rings is 1. The molecule has 3 aromatic rings. The molecule has 3 N–H and O–H groups in total. The Bertz CT molecular complexity index is 1390. The standard InChI is InChI=1S/C22H21N5O5S2/c23-20-19(22-24-16-6-1-2-7-18(16)33-22)17(28)13-27(20)25-21(29)14-4-3-5-15(12-14)34(30,31)26-8-10-32-11-9-26/h1-7,12,23,28H,8-11,13H2,(H,25,29). The zero-order chi connectivity index (χ0) is 23.9. The molecule has 12 heteroatoms. The minimum Gasteiger partial charge on any atom is -0.509 e. The maximum atomic E-state index is 12.9. The highest BCUT2D eigenvalue weighted by Crippen LogP contribution is 2.32. The van der Waals surface area contributed by atoms with E-state index in [1.807, 2.05) is 24.3 Å². The van der Waals surface area contributed by atoms with E-state index in [1.165, 1.54) is 44.9 Å². The molecule has 0 atom stereocenters. The molecule has 176 valence electrons. The summed E-state index contributed by atoms with van der Waals surface area (Å²) in [4.78, 5) is 17.4. The number of thiazole rings is 1. The topological polar surface area (TPSA) is 136 Å². The summed E-state index contributed by atoms with van der Waals surface area (Å²) >= 11 is 1.35. The molecule has 1 fully saturated rings. The highest BCUT2D eigenvalue weighted by Gasteiger charge is 2.32. The number of para-hydroxylation sites is 1. The fourth-order valence-electron chi connectivity index (χ4n) is 3.80. The van der Waals surface area contributed by atoms with Gasteiger partial charge in [0, 0.05) is 18.7 Å². The Balaban J connectivity index is 1.33. The minimum absolute atomic E-state index is 0.00897. The average molecular weight is 500 g/mol. The lowest BCUT2D eigenvalue weighted by Gasteiger charge is -2.26. The zero-order valence-electron chi connectivity index (χ0n) is 17.9. The van der Waals surface area contributed by atoms with Crippen LogP contribution in [0.5, 0.6) is 0 Å². The molecule has 0 unspecified atom stereocenters. The van der Waals surface area contributed by atoms with Crippen molar-refractivity contribution in [2.75, 3.05) is 32.8 Å². The van der Waals surface area contributed by atoms with E-state index in [-0.39, 0.29) is 47.3 Å². The summed E-state index contributed by atoms with van der Waals surface area (Å²) in [6, 6.07) is 13.3. The van der Waals surface area contributed by atoms with Crippen molar-refractivity contribution in [3.63, 3.8) is 0 Å². The van der Waals surface area contributed by atoms with Crippen LogP contribution in [0.25, 0.3) is 15.8 Å². The van der Waals surface area contributed by atoms with Crippen LogP contribution < -0.4 is 5.43 Å². The molecular formula is C22H21N5O5S2. The molecule has 1 saturated heterocycles. The van der Waals surface area contributed by atoms with Gasteiger partial charge in [-0.25, -0.2) is 13.4 Å². The molecule has 0 radical (unpaired) electrons. The number of aliphatic hydroxyl groups excluding tert-OH is 1. The third-order valence-electron chi connectivity index (χ3n) is 5.55. The number of sulfonamides is 1. The van der Waals surface area contributed by atoms with Gasteiger partial charge in [-0.1, -0.05) is 18.2 Å². The normalized spacial score (nSPS) is 17.5. The van der Waals surface area contributed by atoms with Crippen molar-refractivity contribution in [2.45, 2.75) is 4.90 Å². The first kappa shape index (κ1) is 22.5. The Morgan fingerprint density at radius 2 is 1.91 bits per heavy atom. The van der Waals surface area contributed by atoms with Gasteiger partial charge >= 0.3 is 0 Å². The second-order valence-corrected chi connectivity index (χ2v) is 10.7. The highest BCUT2D eigenvalue weighted by molar-refractivity contribution is 7.89. The molecule has 0 spiro atoms. The molecule has 2 aliphatic heterocycles. The van der Waals surface area contributed by atoms with Gasteiger partial charge in [0.2, 0.25) is 10.0 Å². The van der Waals surface area contributed by atoms with Crippen molar-refractivity contribution in [1.82, 2.24) is 19.7 Å². The fraction of sp³-hybridized carbons (Fsp3) is 0.227. The molecule has 3 heterocycles. The molecule has 2 aliphatic rings. The van der Waals surface area contributed by atoms with E-state index >= 15 is 0 Å². The van der Waals surface area contributed by atoms with Crippen LogP contribution in [0.1, 0.15) is 15.4 Å². The number of hydrazine groups is 1. The van der Waals surface area contributed by atoms with Gasteiger partial charge < -0.3 is 9.84 Å². The second kappa shape index (κ2) is 8.80. The number of ether oxygens (including phenoxy) is 1. The number of hydrogen-bond acceptors (Lipinski definition) is 8. The molecule has 34 heavy (non-hydrogen) atoms. The quantitative estimate of drug-likeness (QED) is 0.490. The predicted molar refractivity (Wildman–Crippen MR) is 127 cm³/mol. The predicted octanol–water partition coefficient (Wildman–Crippen LogP) is 2.22. The average Bonchev–Trinajstić information content (AvgIpc) is 3.39. The number of hydrogen-bond donors (Lipinski definition) is 3. The summed E-state index contributed by atoms with van der Waals surface area (Å²) in [5, 5.41) is 20.7. The van der Waals surface area contributed by atoms with Gasteiger partial charge in [0.15, 0.2) is 5.84 Å². The van der Waals surface area contributed by atoms with Crippen LogP contribution in [0.2, 0.25) is 0 Å². The van der Waals surface area contributed by atoms with Gasteiger partial charge in [0.05, 0.1) is 40.4 Å². The number of aliphatic hydroxyl groups is 1. The number of nitrogens with one attached hydrogen (secondary N) is 2. The van der Waals surface area contributed by atoms with Gasteiger partial charge in [0.1, 0.15) is 10.8 Å². The summed E-state index contributed by atoms with van der Waals surface area (Å²) in [6.07, 6.45) is 0. The van der Waals surface area contributed by atoms with Crippen LogP contribution in [0, 0.1) is 5.41 Å². The van der Waals surface area contributed by atoms with Crippen molar-refractivity contribution in [2.24, 2.45) is 0 Å². The number of amides is 1. The van der Waals surface area contributed by atoms with E-state index in [0.717, 1.165) is 10.2 Å². The smallest absolute Gasteiger partial charge is 0.269 e. The lowest BCUT2D eigenvalue weighted by molar-refractivity contribution is 0.0730. The van der Waals surface area contributed by atoms with Crippen molar-refractivity contribution < 1.29 is 23.1 Å². The SMILES string of the molecule is N=C1C(c2nc3ccccc3s2)=C(O)CN1NC(=O)c1cccc(S(=O)(=O)N2CCOCC2)c1. The zero-order valence-corrected chi connectivity index (χ0v) is 19.5. The lowest BCUT2D eigenvalue weighted by atomic mass is 10.2. The Morgan fingerprint density at radius 3 is 2.68 bits per heavy atom. The van der Waals surface area contributed by atoms with E-state index in [0.29, 0.717) is 18.2 Å². The maximum Gasteiger partial charge on any atom is 0.269 e. The third-order valence-corrected chi connectivity index (χ3v) is 8.50. The Hall–Kier alpha value is -3.32. The first-order chi connectivity index (χ1) is 16.3. The molecule has 0 bridgehead atoms. The van der Waals surface area contributed by atoms with E-state index < -0.39 is 15.9 Å². The largest absolute Gasteiger partial charge is 0.509 e. The van der Waals surface area contributed by atoms with Crippen molar-refractivity contribution in [1.29, 1.82) is 5.41 Å². The first-order valence-corrected chi connectivity index (χ1v) is 12.7. The van der Waals surface area contributed by atoms with Crippen LogP contribution in [0.3, 0.4) is 0 Å². The summed E-state index contributed by atoms with van der Waals surface area (Å²) in [5.74, 6) is -0.767. The van der Waals surface area contributed by atoms with Crippen molar-refractivity contribution in [3.05, 3.63) is 64.9 Å². The summed E-state index contributed by atoms with van der Waals surface area (Å²) in [6.45, 7) is 1.06. The number of fused-ring (bicyclic) bond motifs is 1. The highest BCUT2D eigenvalue weighted by atomic mass is 32.2. The number of amidine groups is 1. The van der Waals surface area contributed by atoms with E-state index in [9.17, 15) is 18.3 Å². The second-order valence-electron chi connectivity index (χ2n) is 7.73. The molecule has 0 saturated carbocycles. The maximum absolute atomic E-state index is 12.9. The van der Waals surface area contributed by atoms with E-state index in [1.54, 1.807) is 0 Å². The van der Waals surface area contributed by atoms with Gasteiger partial charge in [0.25, 0.3) is 5.91 Å². The number of aromatic nitrogens is 1. The summed E-state index contributed by atoms with van der Waals surface area (Å²) in [5.41, 5.74) is 3.72. The van der Waals surface area contributed by atoms with Crippen LogP contribution in [0.4, 0.5) is 0 Å². The van der Waals surface area contributed by atoms with Crippen molar-refractivity contribution >= 4 is 48.9 Å². The third kappa shape index (κ3) is 4.05. The fourth-order valence-corrected chi connectivity index (χ4v) is 6.29. The Kier molecular flexibility index (Phi) is 5.81. The number of benzene rings is 2. The van der Waals surface area contributed by atoms with Crippen LogP contribution in [-0.2, 0) is 14.8 Å². The Labute approximate surface area is 199 Å². The van der Waals surface area contributed by atoms with Crippen molar-refractivity contribution in [3.8, 4) is 0 Å². The van der Waals surface area contributed by atoms with E-state index in [2.05, 4.69) is 10.4 Å².